The average molecular weight is 277 g/mol. The van der Waals surface area contributed by atoms with Crippen LogP contribution in [-0.2, 0) is 6.54 Å². The summed E-state index contributed by atoms with van der Waals surface area (Å²) >= 11 is 1.74. The molecule has 2 aromatic heterocycles. The largest absolute Gasteiger partial charge is 0.481 e. The van der Waals surface area contributed by atoms with Gasteiger partial charge in [-0.1, -0.05) is 6.07 Å². The maximum Gasteiger partial charge on any atom is 0.217 e. The van der Waals surface area contributed by atoms with Crippen LogP contribution >= 0.6 is 11.3 Å². The van der Waals surface area contributed by atoms with Gasteiger partial charge in [0.15, 0.2) is 0 Å². The SMILES string of the molecule is COc1ncccc1CNC(C)c1nc(C)sc1C. The van der Waals surface area contributed by atoms with Gasteiger partial charge >= 0.3 is 0 Å². The van der Waals surface area contributed by atoms with Crippen LogP contribution in [0.3, 0.4) is 0 Å². The van der Waals surface area contributed by atoms with Gasteiger partial charge in [-0.25, -0.2) is 9.97 Å². The zero-order valence-electron chi connectivity index (χ0n) is 11.7. The highest BCUT2D eigenvalue weighted by Crippen LogP contribution is 2.23. The van der Waals surface area contributed by atoms with Crippen molar-refractivity contribution in [1.29, 1.82) is 0 Å². The van der Waals surface area contributed by atoms with Crippen molar-refractivity contribution in [2.24, 2.45) is 0 Å². The molecule has 0 radical (unpaired) electrons. The second-order valence-electron chi connectivity index (χ2n) is 4.45. The average Bonchev–Trinajstić information content (AvgIpc) is 2.75. The Kier molecular flexibility index (Phi) is 4.50. The lowest BCUT2D eigenvalue weighted by Crippen LogP contribution is -2.19. The van der Waals surface area contributed by atoms with Crippen molar-refractivity contribution in [2.45, 2.75) is 33.4 Å². The first-order valence-corrected chi connectivity index (χ1v) is 7.08. The monoisotopic (exact) mass is 277 g/mol. The third kappa shape index (κ3) is 3.30. The molecule has 0 aliphatic carbocycles. The number of aryl methyl sites for hydroxylation is 2. The number of aromatic nitrogens is 2. The van der Waals surface area contributed by atoms with E-state index < -0.39 is 0 Å². The van der Waals surface area contributed by atoms with Gasteiger partial charge in [-0.3, -0.25) is 0 Å². The van der Waals surface area contributed by atoms with Crippen molar-refractivity contribution in [3.05, 3.63) is 39.5 Å². The minimum absolute atomic E-state index is 0.217. The van der Waals surface area contributed by atoms with Crippen molar-refractivity contribution in [1.82, 2.24) is 15.3 Å². The minimum atomic E-state index is 0.217. The molecule has 0 aliphatic rings. The first-order valence-electron chi connectivity index (χ1n) is 6.27. The number of hydrogen-bond acceptors (Lipinski definition) is 5. The third-order valence-corrected chi connectivity index (χ3v) is 3.89. The van der Waals surface area contributed by atoms with Crippen LogP contribution in [0.1, 0.15) is 34.1 Å². The molecule has 1 unspecified atom stereocenters. The quantitative estimate of drug-likeness (QED) is 0.912. The number of methoxy groups -OCH3 is 1. The van der Waals surface area contributed by atoms with Crippen molar-refractivity contribution < 1.29 is 4.74 Å². The summed E-state index contributed by atoms with van der Waals surface area (Å²) in [5.41, 5.74) is 2.19. The summed E-state index contributed by atoms with van der Waals surface area (Å²) in [5, 5.41) is 4.58. The van der Waals surface area contributed by atoms with Crippen molar-refractivity contribution in [2.75, 3.05) is 7.11 Å². The molecule has 0 spiro atoms. The summed E-state index contributed by atoms with van der Waals surface area (Å²) in [7, 11) is 1.64. The van der Waals surface area contributed by atoms with Gasteiger partial charge in [-0.05, 0) is 26.8 Å². The predicted molar refractivity (Wildman–Crippen MR) is 77.6 cm³/mol. The van der Waals surface area contributed by atoms with E-state index in [9.17, 15) is 0 Å². The molecule has 19 heavy (non-hydrogen) atoms. The molecule has 4 nitrogen and oxygen atoms in total. The van der Waals surface area contributed by atoms with Crippen LogP contribution in [0.4, 0.5) is 0 Å². The van der Waals surface area contributed by atoms with E-state index in [0.717, 1.165) is 16.3 Å². The van der Waals surface area contributed by atoms with Gasteiger partial charge < -0.3 is 10.1 Å². The molecule has 0 amide bonds. The summed E-state index contributed by atoms with van der Waals surface area (Å²) in [6.45, 7) is 7.00. The number of nitrogens with zero attached hydrogens (tertiary/aromatic N) is 2. The van der Waals surface area contributed by atoms with Gasteiger partial charge in [0.05, 0.1) is 17.8 Å². The van der Waals surface area contributed by atoms with E-state index in [1.807, 2.05) is 19.1 Å². The molecule has 2 aromatic rings. The summed E-state index contributed by atoms with van der Waals surface area (Å²) < 4.78 is 5.25. The van der Waals surface area contributed by atoms with E-state index in [1.54, 1.807) is 24.6 Å². The van der Waals surface area contributed by atoms with Crippen LogP contribution in [0, 0.1) is 13.8 Å². The standard InChI is InChI=1S/C14H19N3OS/c1-9(13-10(2)19-11(3)17-13)16-8-12-6-5-7-15-14(12)18-4/h5-7,9,16H,8H2,1-4H3. The number of ether oxygens (including phenoxy) is 1. The Morgan fingerprint density at radius 3 is 2.84 bits per heavy atom. The Labute approximate surface area is 117 Å². The van der Waals surface area contributed by atoms with Gasteiger partial charge in [0.1, 0.15) is 0 Å². The van der Waals surface area contributed by atoms with E-state index in [-0.39, 0.29) is 6.04 Å². The summed E-state index contributed by atoms with van der Waals surface area (Å²) in [4.78, 5) is 10.0. The molecular weight excluding hydrogens is 258 g/mol. The van der Waals surface area contributed by atoms with Crippen molar-refractivity contribution in [3.8, 4) is 5.88 Å². The fourth-order valence-electron chi connectivity index (χ4n) is 2.05. The number of hydrogen-bond donors (Lipinski definition) is 1. The number of thiazole rings is 1. The van der Waals surface area contributed by atoms with E-state index in [2.05, 4.69) is 29.1 Å². The maximum atomic E-state index is 5.25. The van der Waals surface area contributed by atoms with Gasteiger partial charge in [0.25, 0.3) is 0 Å². The van der Waals surface area contributed by atoms with Crippen molar-refractivity contribution in [3.63, 3.8) is 0 Å². The topological polar surface area (TPSA) is 47.0 Å². The first-order chi connectivity index (χ1) is 9.11. The van der Waals surface area contributed by atoms with Crippen LogP contribution in [0.15, 0.2) is 18.3 Å². The Bertz CT molecular complexity index is 553. The van der Waals surface area contributed by atoms with E-state index in [1.165, 1.54) is 4.88 Å². The summed E-state index contributed by atoms with van der Waals surface area (Å²) in [5.74, 6) is 0.674. The van der Waals surface area contributed by atoms with Crippen LogP contribution in [0.5, 0.6) is 5.88 Å². The number of nitrogens with one attached hydrogen (secondary N) is 1. The molecule has 0 saturated carbocycles. The molecule has 2 rings (SSSR count). The van der Waals surface area contributed by atoms with Gasteiger partial charge in [0, 0.05) is 29.2 Å². The fraction of sp³-hybridized carbons (Fsp3) is 0.429. The molecule has 0 fully saturated rings. The van der Waals surface area contributed by atoms with Gasteiger partial charge in [-0.2, -0.15) is 0 Å². The van der Waals surface area contributed by atoms with Crippen LogP contribution in [0.2, 0.25) is 0 Å². The molecule has 0 bridgehead atoms. The molecule has 1 atom stereocenters. The van der Waals surface area contributed by atoms with Gasteiger partial charge in [0.2, 0.25) is 5.88 Å². The molecule has 0 aliphatic heterocycles. The number of rotatable bonds is 5. The lowest BCUT2D eigenvalue weighted by molar-refractivity contribution is 0.389. The first kappa shape index (κ1) is 14.0. The molecule has 102 valence electrons. The molecule has 0 saturated heterocycles. The summed E-state index contributed by atoms with van der Waals surface area (Å²) in [6, 6.07) is 4.16. The minimum Gasteiger partial charge on any atom is -0.481 e. The molecular formula is C14H19N3OS. The highest BCUT2D eigenvalue weighted by atomic mass is 32.1. The highest BCUT2D eigenvalue weighted by Gasteiger charge is 2.13. The smallest absolute Gasteiger partial charge is 0.217 e. The Morgan fingerprint density at radius 2 is 2.21 bits per heavy atom. The van der Waals surface area contributed by atoms with E-state index in [0.29, 0.717) is 12.4 Å². The number of pyridine rings is 1. The normalized spacial score (nSPS) is 12.4. The molecule has 2 heterocycles. The lowest BCUT2D eigenvalue weighted by Gasteiger charge is -2.14. The zero-order chi connectivity index (χ0) is 13.8. The fourth-order valence-corrected chi connectivity index (χ4v) is 2.96. The van der Waals surface area contributed by atoms with Gasteiger partial charge in [-0.15, -0.1) is 11.3 Å². The van der Waals surface area contributed by atoms with Crippen LogP contribution in [-0.4, -0.2) is 17.1 Å². The van der Waals surface area contributed by atoms with E-state index >= 15 is 0 Å². The molecule has 5 heteroatoms. The highest BCUT2D eigenvalue weighted by molar-refractivity contribution is 7.11. The van der Waals surface area contributed by atoms with E-state index in [4.69, 9.17) is 4.74 Å². The Balaban J connectivity index is 2.04. The van der Waals surface area contributed by atoms with Crippen LogP contribution < -0.4 is 10.1 Å². The second kappa shape index (κ2) is 6.12. The molecule has 0 aromatic carbocycles. The second-order valence-corrected chi connectivity index (χ2v) is 5.86. The Hall–Kier alpha value is -1.46. The summed E-state index contributed by atoms with van der Waals surface area (Å²) in [6.07, 6.45) is 1.74. The Morgan fingerprint density at radius 1 is 1.42 bits per heavy atom. The lowest BCUT2D eigenvalue weighted by atomic mass is 10.2. The molecule has 1 N–H and O–H groups in total. The zero-order valence-corrected chi connectivity index (χ0v) is 12.5. The van der Waals surface area contributed by atoms with Crippen LogP contribution in [0.25, 0.3) is 0 Å². The third-order valence-electron chi connectivity index (χ3n) is 2.99. The maximum absolute atomic E-state index is 5.25. The van der Waals surface area contributed by atoms with Crippen molar-refractivity contribution >= 4 is 11.3 Å². The predicted octanol–water partition coefficient (Wildman–Crippen LogP) is 3.01.